The molecular weight excluding hydrogens is 220 g/mol. The number of aryl methyl sites for hydroxylation is 2. The highest BCUT2D eigenvalue weighted by molar-refractivity contribution is 6.30. The smallest absolute Gasteiger partial charge is 0.130 e. The van der Waals surface area contributed by atoms with Crippen LogP contribution in [0.15, 0.2) is 36.4 Å². The predicted octanol–water partition coefficient (Wildman–Crippen LogP) is 4.10. The second-order valence-corrected chi connectivity index (χ2v) is 4.24. The summed E-state index contributed by atoms with van der Waals surface area (Å²) in [5.41, 5.74) is 3.20. The van der Waals surface area contributed by atoms with Crippen molar-refractivity contribution in [3.8, 4) is 0 Å². The van der Waals surface area contributed by atoms with E-state index in [0.717, 1.165) is 22.2 Å². The van der Waals surface area contributed by atoms with Crippen LogP contribution in [0.1, 0.15) is 11.3 Å². The van der Waals surface area contributed by atoms with Gasteiger partial charge in [0.2, 0.25) is 0 Å². The first-order valence-electron chi connectivity index (χ1n) is 5.11. The zero-order chi connectivity index (χ0) is 11.5. The maximum Gasteiger partial charge on any atom is 0.130 e. The topological polar surface area (TPSA) is 24.9 Å². The van der Waals surface area contributed by atoms with Crippen LogP contribution in [0.25, 0.3) is 0 Å². The molecule has 0 spiro atoms. The molecule has 0 saturated heterocycles. The zero-order valence-electron chi connectivity index (χ0n) is 9.29. The van der Waals surface area contributed by atoms with Crippen molar-refractivity contribution in [3.05, 3.63) is 52.7 Å². The lowest BCUT2D eigenvalue weighted by molar-refractivity contribution is 1.18. The molecule has 1 N–H and O–H groups in total. The minimum absolute atomic E-state index is 0.735. The molecule has 2 nitrogen and oxygen atoms in total. The minimum atomic E-state index is 0.735. The first kappa shape index (κ1) is 11.0. The van der Waals surface area contributed by atoms with Crippen molar-refractivity contribution in [1.82, 2.24) is 4.98 Å². The third kappa shape index (κ3) is 2.74. The SMILES string of the molecule is Cc1cc(C)nc(Nc2ccc(Cl)cc2)c1. The third-order valence-electron chi connectivity index (χ3n) is 2.21. The fourth-order valence-electron chi connectivity index (χ4n) is 1.59. The summed E-state index contributed by atoms with van der Waals surface area (Å²) in [6, 6.07) is 11.6. The molecule has 0 atom stereocenters. The molecule has 0 bridgehead atoms. The number of aromatic nitrogens is 1. The van der Waals surface area contributed by atoms with Crippen molar-refractivity contribution < 1.29 is 0 Å². The van der Waals surface area contributed by atoms with Crippen LogP contribution in [0.4, 0.5) is 11.5 Å². The lowest BCUT2D eigenvalue weighted by atomic mass is 10.2. The molecule has 1 aromatic carbocycles. The molecule has 82 valence electrons. The van der Waals surface area contributed by atoms with E-state index in [-0.39, 0.29) is 0 Å². The maximum atomic E-state index is 5.82. The molecule has 0 aliphatic carbocycles. The Morgan fingerprint density at radius 2 is 1.75 bits per heavy atom. The zero-order valence-corrected chi connectivity index (χ0v) is 10.0. The lowest BCUT2D eigenvalue weighted by Crippen LogP contribution is -1.95. The number of nitrogens with zero attached hydrogens (tertiary/aromatic N) is 1. The monoisotopic (exact) mass is 232 g/mol. The van der Waals surface area contributed by atoms with Crippen molar-refractivity contribution in [2.75, 3.05) is 5.32 Å². The van der Waals surface area contributed by atoms with Gasteiger partial charge in [-0.1, -0.05) is 11.6 Å². The average Bonchev–Trinajstić information content (AvgIpc) is 2.20. The van der Waals surface area contributed by atoms with Crippen LogP contribution in [-0.2, 0) is 0 Å². The van der Waals surface area contributed by atoms with Crippen molar-refractivity contribution in [2.45, 2.75) is 13.8 Å². The van der Waals surface area contributed by atoms with Crippen LogP contribution in [0, 0.1) is 13.8 Å². The van der Waals surface area contributed by atoms with Gasteiger partial charge in [0.1, 0.15) is 5.82 Å². The molecule has 0 fully saturated rings. The summed E-state index contributed by atoms with van der Waals surface area (Å²) in [6.45, 7) is 4.04. The molecule has 2 rings (SSSR count). The van der Waals surface area contributed by atoms with E-state index < -0.39 is 0 Å². The molecule has 3 heteroatoms. The highest BCUT2D eigenvalue weighted by Gasteiger charge is 1.98. The van der Waals surface area contributed by atoms with Gasteiger partial charge in [-0.3, -0.25) is 0 Å². The second kappa shape index (κ2) is 4.54. The second-order valence-electron chi connectivity index (χ2n) is 3.80. The normalized spacial score (nSPS) is 10.2. The Hall–Kier alpha value is -1.54. The minimum Gasteiger partial charge on any atom is -0.340 e. The van der Waals surface area contributed by atoms with Crippen molar-refractivity contribution in [2.24, 2.45) is 0 Å². The van der Waals surface area contributed by atoms with E-state index in [0.29, 0.717) is 0 Å². The number of halogens is 1. The van der Waals surface area contributed by atoms with Gasteiger partial charge in [0.05, 0.1) is 0 Å². The first-order chi connectivity index (χ1) is 7.63. The van der Waals surface area contributed by atoms with Crippen LogP contribution >= 0.6 is 11.6 Å². The van der Waals surface area contributed by atoms with Crippen molar-refractivity contribution in [1.29, 1.82) is 0 Å². The molecule has 0 amide bonds. The van der Waals surface area contributed by atoms with Gasteiger partial charge in [-0.2, -0.15) is 0 Å². The molecule has 0 radical (unpaired) electrons. The van der Waals surface area contributed by atoms with Crippen LogP contribution in [0.2, 0.25) is 5.02 Å². The van der Waals surface area contributed by atoms with Crippen LogP contribution in [0.5, 0.6) is 0 Å². The van der Waals surface area contributed by atoms with E-state index in [1.54, 1.807) is 0 Å². The van der Waals surface area contributed by atoms with Crippen LogP contribution in [-0.4, -0.2) is 4.98 Å². The maximum absolute atomic E-state index is 5.82. The molecular formula is C13H13ClN2. The Morgan fingerprint density at radius 1 is 1.06 bits per heavy atom. The molecule has 0 aliphatic heterocycles. The molecule has 0 unspecified atom stereocenters. The van der Waals surface area contributed by atoms with Crippen LogP contribution in [0.3, 0.4) is 0 Å². The van der Waals surface area contributed by atoms with E-state index in [1.165, 1.54) is 5.56 Å². The summed E-state index contributed by atoms with van der Waals surface area (Å²) >= 11 is 5.82. The standard InChI is InChI=1S/C13H13ClN2/c1-9-7-10(2)15-13(8-9)16-12-5-3-11(14)4-6-12/h3-8H,1-2H3,(H,15,16). The summed E-state index contributed by atoms with van der Waals surface area (Å²) in [5.74, 6) is 0.861. The summed E-state index contributed by atoms with van der Waals surface area (Å²) in [7, 11) is 0. The molecule has 0 aliphatic rings. The Kier molecular flexibility index (Phi) is 3.11. The van der Waals surface area contributed by atoms with Gasteiger partial charge in [-0.05, 0) is 55.8 Å². The van der Waals surface area contributed by atoms with E-state index in [9.17, 15) is 0 Å². The average molecular weight is 233 g/mol. The molecule has 1 aromatic heterocycles. The summed E-state index contributed by atoms with van der Waals surface area (Å²) < 4.78 is 0. The Morgan fingerprint density at radius 3 is 2.38 bits per heavy atom. The number of pyridine rings is 1. The Labute approximate surface area is 100 Å². The fourth-order valence-corrected chi connectivity index (χ4v) is 1.71. The Bertz CT molecular complexity index is 472. The van der Waals surface area contributed by atoms with E-state index >= 15 is 0 Å². The van der Waals surface area contributed by atoms with Gasteiger partial charge >= 0.3 is 0 Å². The summed E-state index contributed by atoms with van der Waals surface area (Å²) in [5, 5.41) is 3.98. The van der Waals surface area contributed by atoms with E-state index in [4.69, 9.17) is 11.6 Å². The molecule has 2 aromatic rings. The van der Waals surface area contributed by atoms with Gasteiger partial charge in [0.25, 0.3) is 0 Å². The number of anilines is 2. The molecule has 16 heavy (non-hydrogen) atoms. The number of hydrogen-bond acceptors (Lipinski definition) is 2. The van der Waals surface area contributed by atoms with Gasteiger partial charge in [0.15, 0.2) is 0 Å². The van der Waals surface area contributed by atoms with E-state index in [2.05, 4.69) is 17.2 Å². The number of hydrogen-bond donors (Lipinski definition) is 1. The van der Waals surface area contributed by atoms with Crippen molar-refractivity contribution in [3.63, 3.8) is 0 Å². The lowest BCUT2D eigenvalue weighted by Gasteiger charge is -2.07. The summed E-state index contributed by atoms with van der Waals surface area (Å²) in [6.07, 6.45) is 0. The number of nitrogens with one attached hydrogen (secondary N) is 1. The quantitative estimate of drug-likeness (QED) is 0.844. The molecule has 1 heterocycles. The Balaban J connectivity index is 2.23. The van der Waals surface area contributed by atoms with Crippen molar-refractivity contribution >= 4 is 23.1 Å². The van der Waals surface area contributed by atoms with Gasteiger partial charge in [0, 0.05) is 16.4 Å². The van der Waals surface area contributed by atoms with E-state index in [1.807, 2.05) is 43.3 Å². The number of benzene rings is 1. The first-order valence-corrected chi connectivity index (χ1v) is 5.49. The largest absolute Gasteiger partial charge is 0.340 e. The predicted molar refractivity (Wildman–Crippen MR) is 68.4 cm³/mol. The fraction of sp³-hybridized carbons (Fsp3) is 0.154. The van der Waals surface area contributed by atoms with Gasteiger partial charge in [-0.25, -0.2) is 4.98 Å². The van der Waals surface area contributed by atoms with Gasteiger partial charge < -0.3 is 5.32 Å². The molecule has 0 saturated carbocycles. The highest BCUT2D eigenvalue weighted by Crippen LogP contribution is 2.18. The summed E-state index contributed by atoms with van der Waals surface area (Å²) in [4.78, 5) is 4.41. The third-order valence-corrected chi connectivity index (χ3v) is 2.47. The number of rotatable bonds is 2. The highest BCUT2D eigenvalue weighted by atomic mass is 35.5. The van der Waals surface area contributed by atoms with Crippen LogP contribution < -0.4 is 5.32 Å². The van der Waals surface area contributed by atoms with Gasteiger partial charge in [-0.15, -0.1) is 0 Å².